The molecule has 1 saturated carbocycles. The van der Waals surface area contributed by atoms with E-state index in [1.165, 1.54) is 32.1 Å². The Hall–Kier alpha value is -2.43. The molecule has 0 saturated heterocycles. The van der Waals surface area contributed by atoms with Crippen LogP contribution in [0.3, 0.4) is 0 Å². The van der Waals surface area contributed by atoms with Crippen LogP contribution in [0.1, 0.15) is 38.5 Å². The van der Waals surface area contributed by atoms with Crippen LogP contribution in [-0.2, 0) is 4.79 Å². The maximum Gasteiger partial charge on any atom is 0.237 e. The van der Waals surface area contributed by atoms with Gasteiger partial charge in [0.2, 0.25) is 11.8 Å². The molecule has 1 aliphatic carbocycles. The van der Waals surface area contributed by atoms with Crippen molar-refractivity contribution >= 4 is 11.6 Å². The minimum Gasteiger partial charge on any atom is -0.437 e. The minimum absolute atomic E-state index is 0.0774. The van der Waals surface area contributed by atoms with E-state index in [0.717, 1.165) is 5.69 Å². The summed E-state index contributed by atoms with van der Waals surface area (Å²) in [5.74, 6) is 1.66. The Balaban J connectivity index is 1.57. The summed E-state index contributed by atoms with van der Waals surface area (Å²) in [6, 6.07) is 7.34. The number of anilines is 1. The number of hydrogen-bond acceptors (Lipinski definition) is 4. The lowest BCUT2D eigenvalue weighted by Crippen LogP contribution is -2.18. The van der Waals surface area contributed by atoms with Gasteiger partial charge in [-0.2, -0.15) is 0 Å². The zero-order valence-electron chi connectivity index (χ0n) is 13.1. The molecule has 1 fully saturated rings. The summed E-state index contributed by atoms with van der Waals surface area (Å²) in [5, 5.41) is 2.96. The van der Waals surface area contributed by atoms with Gasteiger partial charge in [0.05, 0.1) is 6.20 Å². The van der Waals surface area contributed by atoms with Crippen LogP contribution in [0.2, 0.25) is 0 Å². The van der Waals surface area contributed by atoms with E-state index in [1.807, 2.05) is 18.2 Å². The monoisotopic (exact) mass is 311 g/mol. The molecule has 0 atom stereocenters. The molecule has 1 N–H and O–H groups in total. The van der Waals surface area contributed by atoms with Crippen molar-refractivity contribution < 1.29 is 9.53 Å². The molecule has 5 heteroatoms. The van der Waals surface area contributed by atoms with Crippen LogP contribution in [0.25, 0.3) is 0 Å². The van der Waals surface area contributed by atoms with Crippen LogP contribution in [0.15, 0.2) is 42.9 Å². The average molecular weight is 311 g/mol. The first kappa shape index (κ1) is 15.5. The fourth-order valence-electron chi connectivity index (χ4n) is 2.96. The van der Waals surface area contributed by atoms with Crippen molar-refractivity contribution in [2.24, 2.45) is 5.92 Å². The van der Waals surface area contributed by atoms with Gasteiger partial charge < -0.3 is 10.1 Å². The minimum atomic E-state index is 0.0774. The van der Waals surface area contributed by atoms with Gasteiger partial charge >= 0.3 is 0 Å². The van der Waals surface area contributed by atoms with Gasteiger partial charge in [0.25, 0.3) is 0 Å². The van der Waals surface area contributed by atoms with E-state index in [1.54, 1.807) is 24.7 Å². The Bertz CT molecular complexity index is 640. The highest BCUT2D eigenvalue weighted by Gasteiger charge is 2.17. The molecule has 3 rings (SSSR count). The molecule has 0 radical (unpaired) electrons. The Morgan fingerprint density at radius 2 is 2.09 bits per heavy atom. The Kier molecular flexibility index (Phi) is 5.19. The molecular formula is C18H21N3O2. The number of ether oxygens (including phenoxy) is 1. The zero-order valence-corrected chi connectivity index (χ0v) is 13.1. The lowest BCUT2D eigenvalue weighted by atomic mass is 9.87. The molecule has 1 aliphatic rings. The SMILES string of the molecule is O=C(CC1CCCCC1)Nc1cccc(Oc2cnccn2)c1. The van der Waals surface area contributed by atoms with Gasteiger partial charge in [0.1, 0.15) is 5.75 Å². The highest BCUT2D eigenvalue weighted by atomic mass is 16.5. The lowest BCUT2D eigenvalue weighted by Gasteiger charge is -2.20. The number of nitrogens with zero attached hydrogens (tertiary/aromatic N) is 2. The summed E-state index contributed by atoms with van der Waals surface area (Å²) < 4.78 is 5.63. The fourth-order valence-corrected chi connectivity index (χ4v) is 2.96. The Labute approximate surface area is 136 Å². The number of carbonyl (C=O) groups excluding carboxylic acids is 1. The second-order valence-electron chi connectivity index (χ2n) is 5.93. The predicted molar refractivity (Wildman–Crippen MR) is 88.4 cm³/mol. The fraction of sp³-hybridized carbons (Fsp3) is 0.389. The summed E-state index contributed by atoms with van der Waals surface area (Å²) in [6.07, 6.45) is 11.5. The van der Waals surface area contributed by atoms with E-state index in [0.29, 0.717) is 24.0 Å². The second kappa shape index (κ2) is 7.72. The number of carbonyl (C=O) groups is 1. The number of rotatable bonds is 5. The highest BCUT2D eigenvalue weighted by Crippen LogP contribution is 2.27. The molecule has 1 heterocycles. The summed E-state index contributed by atoms with van der Waals surface area (Å²) >= 11 is 0. The van der Waals surface area contributed by atoms with Crippen molar-refractivity contribution in [1.29, 1.82) is 0 Å². The lowest BCUT2D eigenvalue weighted by molar-refractivity contribution is -0.117. The van der Waals surface area contributed by atoms with Crippen LogP contribution in [0, 0.1) is 5.92 Å². The average Bonchev–Trinajstić information content (AvgIpc) is 2.57. The highest BCUT2D eigenvalue weighted by molar-refractivity contribution is 5.91. The van der Waals surface area contributed by atoms with Crippen LogP contribution in [-0.4, -0.2) is 15.9 Å². The van der Waals surface area contributed by atoms with Crippen LogP contribution in [0.5, 0.6) is 11.6 Å². The van der Waals surface area contributed by atoms with E-state index >= 15 is 0 Å². The summed E-state index contributed by atoms with van der Waals surface area (Å²) in [4.78, 5) is 20.2. The second-order valence-corrected chi connectivity index (χ2v) is 5.93. The molecular weight excluding hydrogens is 290 g/mol. The molecule has 23 heavy (non-hydrogen) atoms. The van der Waals surface area contributed by atoms with Gasteiger partial charge in [-0.05, 0) is 30.9 Å². The van der Waals surface area contributed by atoms with E-state index < -0.39 is 0 Å². The molecule has 0 bridgehead atoms. The van der Waals surface area contributed by atoms with Gasteiger partial charge in [-0.3, -0.25) is 9.78 Å². The largest absolute Gasteiger partial charge is 0.437 e. The summed E-state index contributed by atoms with van der Waals surface area (Å²) in [5.41, 5.74) is 0.743. The van der Waals surface area contributed by atoms with Crippen molar-refractivity contribution in [1.82, 2.24) is 9.97 Å². The van der Waals surface area contributed by atoms with Crippen molar-refractivity contribution in [2.75, 3.05) is 5.32 Å². The quantitative estimate of drug-likeness (QED) is 0.899. The summed E-state index contributed by atoms with van der Waals surface area (Å²) in [6.45, 7) is 0. The standard InChI is InChI=1S/C18H21N3O2/c22-17(11-14-5-2-1-3-6-14)21-15-7-4-8-16(12-15)23-18-13-19-9-10-20-18/h4,7-10,12-14H,1-3,5-6,11H2,(H,21,22). The van der Waals surface area contributed by atoms with Gasteiger partial charge in [-0.1, -0.05) is 25.3 Å². The molecule has 120 valence electrons. The molecule has 0 spiro atoms. The maximum absolute atomic E-state index is 12.2. The number of benzene rings is 1. The third-order valence-electron chi connectivity index (χ3n) is 4.08. The number of amides is 1. The van der Waals surface area contributed by atoms with Gasteiger partial charge in [-0.15, -0.1) is 0 Å². The van der Waals surface area contributed by atoms with Crippen LogP contribution < -0.4 is 10.1 Å². The Morgan fingerprint density at radius 1 is 1.22 bits per heavy atom. The molecule has 1 aromatic carbocycles. The number of nitrogens with one attached hydrogen (secondary N) is 1. The molecule has 5 nitrogen and oxygen atoms in total. The first-order valence-corrected chi connectivity index (χ1v) is 8.13. The zero-order chi connectivity index (χ0) is 15.9. The number of aromatic nitrogens is 2. The van der Waals surface area contributed by atoms with Crippen molar-refractivity contribution in [2.45, 2.75) is 38.5 Å². The smallest absolute Gasteiger partial charge is 0.237 e. The van der Waals surface area contributed by atoms with Gasteiger partial charge in [-0.25, -0.2) is 4.98 Å². The molecule has 1 amide bonds. The molecule has 2 aromatic rings. The third-order valence-corrected chi connectivity index (χ3v) is 4.08. The van der Waals surface area contributed by atoms with Crippen LogP contribution in [0.4, 0.5) is 5.69 Å². The van der Waals surface area contributed by atoms with Crippen molar-refractivity contribution in [3.63, 3.8) is 0 Å². The van der Waals surface area contributed by atoms with E-state index in [4.69, 9.17) is 4.74 Å². The van der Waals surface area contributed by atoms with E-state index in [9.17, 15) is 4.79 Å². The first-order chi connectivity index (χ1) is 11.3. The normalized spacial score (nSPS) is 15.1. The van der Waals surface area contributed by atoms with Crippen molar-refractivity contribution in [3.8, 4) is 11.6 Å². The van der Waals surface area contributed by atoms with Gasteiger partial charge in [0.15, 0.2) is 0 Å². The first-order valence-electron chi connectivity index (χ1n) is 8.13. The topological polar surface area (TPSA) is 64.1 Å². The number of hydrogen-bond donors (Lipinski definition) is 1. The van der Waals surface area contributed by atoms with E-state index in [-0.39, 0.29) is 5.91 Å². The predicted octanol–water partition coefficient (Wildman–Crippen LogP) is 4.18. The third kappa shape index (κ3) is 4.77. The van der Waals surface area contributed by atoms with Crippen molar-refractivity contribution in [3.05, 3.63) is 42.9 Å². The van der Waals surface area contributed by atoms with Gasteiger partial charge in [0, 0.05) is 30.6 Å². The summed E-state index contributed by atoms with van der Waals surface area (Å²) in [7, 11) is 0. The molecule has 0 unspecified atom stereocenters. The van der Waals surface area contributed by atoms with Crippen LogP contribution >= 0.6 is 0 Å². The van der Waals surface area contributed by atoms with E-state index in [2.05, 4.69) is 15.3 Å². The maximum atomic E-state index is 12.2. The molecule has 0 aliphatic heterocycles. The molecule has 1 aromatic heterocycles. The Morgan fingerprint density at radius 3 is 2.87 bits per heavy atom.